The van der Waals surface area contributed by atoms with Crippen LogP contribution in [0.25, 0.3) is 0 Å². The van der Waals surface area contributed by atoms with Gasteiger partial charge in [-0.25, -0.2) is 0 Å². The number of allylic oxidation sites excluding steroid dienone is 6. The van der Waals surface area contributed by atoms with Gasteiger partial charge in [-0.05, 0) is 36.5 Å². The summed E-state index contributed by atoms with van der Waals surface area (Å²) in [7, 11) is 0. The molecule has 84 valence electrons. The van der Waals surface area contributed by atoms with Gasteiger partial charge in [0.25, 0.3) is 0 Å². The summed E-state index contributed by atoms with van der Waals surface area (Å²) in [6, 6.07) is 0. The number of hydrogen-bond acceptors (Lipinski definition) is 2. The lowest BCUT2D eigenvalue weighted by Crippen LogP contribution is -2.30. The van der Waals surface area contributed by atoms with Crippen LogP contribution in [0.1, 0.15) is 27.2 Å². The third-order valence-electron chi connectivity index (χ3n) is 3.72. The van der Waals surface area contributed by atoms with Crippen molar-refractivity contribution in [2.75, 3.05) is 0 Å². The molecule has 16 heavy (non-hydrogen) atoms. The molecule has 0 fully saturated rings. The monoisotopic (exact) mass is 216 g/mol. The van der Waals surface area contributed by atoms with E-state index in [1.807, 2.05) is 18.2 Å². The lowest BCUT2D eigenvalue weighted by Gasteiger charge is -2.37. The minimum atomic E-state index is -0.262. The number of hydrogen-bond donors (Lipinski definition) is 0. The molecule has 0 aromatic rings. The maximum Gasteiger partial charge on any atom is 0.178 e. The Morgan fingerprint density at radius 3 is 2.25 bits per heavy atom. The molecule has 0 aliphatic heterocycles. The largest absolute Gasteiger partial charge is 0.295 e. The van der Waals surface area contributed by atoms with Crippen molar-refractivity contribution in [3.8, 4) is 0 Å². The first-order valence-electron chi connectivity index (χ1n) is 5.51. The Kier molecular flexibility index (Phi) is 2.26. The molecule has 0 aromatic heterocycles. The van der Waals surface area contributed by atoms with Crippen LogP contribution in [0.5, 0.6) is 0 Å². The molecule has 2 nitrogen and oxygen atoms in total. The summed E-state index contributed by atoms with van der Waals surface area (Å²) in [4.78, 5) is 22.6. The molecule has 2 aliphatic rings. The predicted octanol–water partition coefficient (Wildman–Crippen LogP) is 2.61. The third-order valence-corrected chi connectivity index (χ3v) is 3.72. The van der Waals surface area contributed by atoms with E-state index in [1.54, 1.807) is 19.1 Å². The number of carbonyl (C=O) groups excluding carboxylic acids is 2. The van der Waals surface area contributed by atoms with Crippen LogP contribution in [0.4, 0.5) is 0 Å². The molecule has 1 spiro atoms. The highest BCUT2D eigenvalue weighted by Crippen LogP contribution is 2.53. The summed E-state index contributed by atoms with van der Waals surface area (Å²) in [5.41, 5.74) is 0.567. The molecule has 0 heterocycles. The second-order valence-electron chi connectivity index (χ2n) is 5.29. The molecule has 2 aliphatic carbocycles. The smallest absolute Gasteiger partial charge is 0.178 e. The fourth-order valence-electron chi connectivity index (χ4n) is 2.49. The highest BCUT2D eigenvalue weighted by Gasteiger charge is 2.46. The Morgan fingerprint density at radius 2 is 1.81 bits per heavy atom. The maximum atomic E-state index is 11.4. The summed E-state index contributed by atoms with van der Waals surface area (Å²) in [6.07, 6.45) is 9.82. The van der Waals surface area contributed by atoms with Crippen LogP contribution in [0.3, 0.4) is 0 Å². The van der Waals surface area contributed by atoms with Crippen molar-refractivity contribution in [3.63, 3.8) is 0 Å². The molecule has 0 unspecified atom stereocenters. The fourth-order valence-corrected chi connectivity index (χ4v) is 2.49. The van der Waals surface area contributed by atoms with Crippen LogP contribution >= 0.6 is 0 Å². The molecule has 0 bridgehead atoms. The Hall–Kier alpha value is -1.44. The Labute approximate surface area is 95.7 Å². The van der Waals surface area contributed by atoms with Crippen LogP contribution in [0, 0.1) is 10.8 Å². The van der Waals surface area contributed by atoms with Crippen LogP contribution in [0.15, 0.2) is 36.0 Å². The van der Waals surface area contributed by atoms with Gasteiger partial charge < -0.3 is 0 Å². The van der Waals surface area contributed by atoms with E-state index < -0.39 is 0 Å². The topological polar surface area (TPSA) is 34.1 Å². The number of ketones is 2. The zero-order valence-electron chi connectivity index (χ0n) is 9.91. The first-order valence-corrected chi connectivity index (χ1v) is 5.51. The fraction of sp³-hybridized carbons (Fsp3) is 0.429. The van der Waals surface area contributed by atoms with Crippen molar-refractivity contribution in [1.29, 1.82) is 0 Å². The molecule has 0 N–H and O–H groups in total. The normalized spacial score (nSPS) is 24.9. The van der Waals surface area contributed by atoms with E-state index in [1.165, 1.54) is 0 Å². The number of Topliss-reactive ketones (excluding diaryl/α,β-unsaturated/α-hetero) is 1. The average Bonchev–Trinajstić information content (AvgIpc) is 2.44. The molecule has 0 saturated carbocycles. The summed E-state index contributed by atoms with van der Waals surface area (Å²) in [5, 5.41) is 0. The van der Waals surface area contributed by atoms with Gasteiger partial charge in [-0.3, -0.25) is 9.59 Å². The van der Waals surface area contributed by atoms with E-state index >= 15 is 0 Å². The molecule has 0 aromatic carbocycles. The van der Waals surface area contributed by atoms with Crippen molar-refractivity contribution >= 4 is 11.6 Å². The zero-order chi connectivity index (χ0) is 12.0. The third kappa shape index (κ3) is 1.49. The quantitative estimate of drug-likeness (QED) is 0.675. The second kappa shape index (κ2) is 3.27. The van der Waals surface area contributed by atoms with Crippen molar-refractivity contribution in [1.82, 2.24) is 0 Å². The Balaban J connectivity index is 2.47. The number of rotatable bonds is 1. The predicted molar refractivity (Wildman–Crippen MR) is 62.9 cm³/mol. The molecule has 2 rings (SSSR count). The van der Waals surface area contributed by atoms with Gasteiger partial charge in [-0.2, -0.15) is 0 Å². The summed E-state index contributed by atoms with van der Waals surface area (Å²) >= 11 is 0. The first-order chi connectivity index (χ1) is 7.36. The molecule has 0 saturated heterocycles. The average molecular weight is 216 g/mol. The molecule has 0 radical (unpaired) electrons. The van der Waals surface area contributed by atoms with E-state index in [0.29, 0.717) is 0 Å². The summed E-state index contributed by atoms with van der Waals surface area (Å²) in [6.45, 7) is 5.86. The Bertz CT molecular complexity index is 431. The molecular formula is C14H16O2. The van der Waals surface area contributed by atoms with Gasteiger partial charge in [0.2, 0.25) is 0 Å². The standard InChI is InChI=1S/C14H16O2/c1-10(15)11-8-13(2,3)14(9-11)6-4-12(16)5-7-14/h4-7,9H,8H2,1-3H3. The summed E-state index contributed by atoms with van der Waals surface area (Å²) in [5.74, 6) is 0.148. The number of carbonyl (C=O) groups is 2. The molecule has 2 heteroatoms. The van der Waals surface area contributed by atoms with Crippen molar-refractivity contribution < 1.29 is 9.59 Å². The Morgan fingerprint density at radius 1 is 1.25 bits per heavy atom. The second-order valence-corrected chi connectivity index (χ2v) is 5.29. The van der Waals surface area contributed by atoms with Gasteiger partial charge in [-0.15, -0.1) is 0 Å². The highest BCUT2D eigenvalue weighted by atomic mass is 16.1. The van der Waals surface area contributed by atoms with E-state index in [4.69, 9.17) is 0 Å². The molecule has 0 atom stereocenters. The van der Waals surface area contributed by atoms with Crippen LogP contribution in [-0.4, -0.2) is 11.6 Å². The minimum Gasteiger partial charge on any atom is -0.295 e. The molecular weight excluding hydrogens is 200 g/mol. The van der Waals surface area contributed by atoms with Gasteiger partial charge in [0.15, 0.2) is 11.6 Å². The maximum absolute atomic E-state index is 11.4. The van der Waals surface area contributed by atoms with Gasteiger partial charge in [0, 0.05) is 5.41 Å². The first kappa shape index (κ1) is 11.1. The van der Waals surface area contributed by atoms with E-state index in [0.717, 1.165) is 12.0 Å². The van der Waals surface area contributed by atoms with E-state index in [-0.39, 0.29) is 22.4 Å². The van der Waals surface area contributed by atoms with Gasteiger partial charge >= 0.3 is 0 Å². The van der Waals surface area contributed by atoms with Crippen molar-refractivity contribution in [2.24, 2.45) is 10.8 Å². The molecule has 0 amide bonds. The zero-order valence-corrected chi connectivity index (χ0v) is 9.91. The summed E-state index contributed by atoms with van der Waals surface area (Å²) < 4.78 is 0. The van der Waals surface area contributed by atoms with Gasteiger partial charge in [0.1, 0.15) is 0 Å². The van der Waals surface area contributed by atoms with E-state index in [2.05, 4.69) is 13.8 Å². The van der Waals surface area contributed by atoms with Gasteiger partial charge in [0.05, 0.1) is 0 Å². The minimum absolute atomic E-state index is 0.0195. The lowest BCUT2D eigenvalue weighted by atomic mass is 9.66. The van der Waals surface area contributed by atoms with Crippen LogP contribution in [-0.2, 0) is 9.59 Å². The van der Waals surface area contributed by atoms with Crippen LogP contribution in [0.2, 0.25) is 0 Å². The van der Waals surface area contributed by atoms with Crippen LogP contribution < -0.4 is 0 Å². The lowest BCUT2D eigenvalue weighted by molar-refractivity contribution is -0.114. The highest BCUT2D eigenvalue weighted by molar-refractivity contribution is 6.01. The van der Waals surface area contributed by atoms with Gasteiger partial charge in [-0.1, -0.05) is 32.1 Å². The van der Waals surface area contributed by atoms with Crippen molar-refractivity contribution in [2.45, 2.75) is 27.2 Å². The SMILES string of the molecule is CC(=O)C1=CC2(C=CC(=O)C=C2)C(C)(C)C1. The van der Waals surface area contributed by atoms with E-state index in [9.17, 15) is 9.59 Å². The van der Waals surface area contributed by atoms with Crippen molar-refractivity contribution in [3.05, 3.63) is 36.0 Å².